The topological polar surface area (TPSA) is 30.2 Å². The zero-order chi connectivity index (χ0) is 12.7. The van der Waals surface area contributed by atoms with E-state index >= 15 is 0 Å². The SMILES string of the molecule is Cc1ccc(-c2cc3nccc(C)n3n2)c(F)c1. The van der Waals surface area contributed by atoms with Crippen LogP contribution in [-0.4, -0.2) is 14.6 Å². The predicted molar refractivity (Wildman–Crippen MR) is 67.9 cm³/mol. The Labute approximate surface area is 104 Å². The van der Waals surface area contributed by atoms with Crippen LogP contribution in [0.2, 0.25) is 0 Å². The minimum absolute atomic E-state index is 0.254. The van der Waals surface area contributed by atoms with Crippen LogP contribution >= 0.6 is 0 Å². The summed E-state index contributed by atoms with van der Waals surface area (Å²) in [7, 11) is 0. The minimum atomic E-state index is -0.254. The van der Waals surface area contributed by atoms with E-state index in [2.05, 4.69) is 10.1 Å². The van der Waals surface area contributed by atoms with Gasteiger partial charge in [-0.25, -0.2) is 13.9 Å². The van der Waals surface area contributed by atoms with Gasteiger partial charge in [0.2, 0.25) is 0 Å². The molecule has 2 heterocycles. The highest BCUT2D eigenvalue weighted by molar-refractivity contribution is 5.65. The number of aromatic nitrogens is 3. The fourth-order valence-corrected chi connectivity index (χ4v) is 1.97. The van der Waals surface area contributed by atoms with Crippen molar-refractivity contribution in [2.45, 2.75) is 13.8 Å². The molecule has 3 rings (SSSR count). The maximum absolute atomic E-state index is 13.9. The van der Waals surface area contributed by atoms with E-state index in [1.165, 1.54) is 6.07 Å². The lowest BCUT2D eigenvalue weighted by atomic mass is 10.1. The molecule has 0 aliphatic rings. The third-order valence-corrected chi connectivity index (χ3v) is 2.95. The van der Waals surface area contributed by atoms with Crippen LogP contribution in [0.15, 0.2) is 36.5 Å². The van der Waals surface area contributed by atoms with E-state index in [9.17, 15) is 4.39 Å². The van der Waals surface area contributed by atoms with Gasteiger partial charge in [0.1, 0.15) is 5.82 Å². The molecule has 0 aliphatic carbocycles. The molecular weight excluding hydrogens is 229 g/mol. The lowest BCUT2D eigenvalue weighted by molar-refractivity contribution is 0.629. The Morgan fingerprint density at radius 2 is 1.94 bits per heavy atom. The van der Waals surface area contributed by atoms with E-state index in [0.717, 1.165) is 16.9 Å². The van der Waals surface area contributed by atoms with Crippen LogP contribution < -0.4 is 0 Å². The van der Waals surface area contributed by atoms with Crippen LogP contribution in [0.1, 0.15) is 11.3 Å². The monoisotopic (exact) mass is 241 g/mol. The second kappa shape index (κ2) is 3.91. The summed E-state index contributed by atoms with van der Waals surface area (Å²) in [5, 5.41) is 4.39. The van der Waals surface area contributed by atoms with Crippen molar-refractivity contribution in [2.75, 3.05) is 0 Å². The van der Waals surface area contributed by atoms with E-state index in [0.29, 0.717) is 11.3 Å². The number of fused-ring (bicyclic) bond motifs is 1. The summed E-state index contributed by atoms with van der Waals surface area (Å²) in [6, 6.07) is 8.81. The molecule has 1 aromatic carbocycles. The summed E-state index contributed by atoms with van der Waals surface area (Å²) in [5.74, 6) is -0.254. The van der Waals surface area contributed by atoms with Gasteiger partial charge in [-0.2, -0.15) is 5.10 Å². The summed E-state index contributed by atoms with van der Waals surface area (Å²) in [4.78, 5) is 4.21. The van der Waals surface area contributed by atoms with Gasteiger partial charge in [0.15, 0.2) is 5.65 Å². The molecular formula is C14H12FN3. The van der Waals surface area contributed by atoms with Crippen LogP contribution in [0.25, 0.3) is 16.9 Å². The molecule has 0 atom stereocenters. The first kappa shape index (κ1) is 10.9. The molecule has 0 saturated heterocycles. The van der Waals surface area contributed by atoms with Crippen LogP contribution in [0.4, 0.5) is 4.39 Å². The fraction of sp³-hybridized carbons (Fsp3) is 0.143. The number of nitrogens with zero attached hydrogens (tertiary/aromatic N) is 3. The first-order valence-corrected chi connectivity index (χ1v) is 5.73. The van der Waals surface area contributed by atoms with Gasteiger partial charge in [0, 0.05) is 23.5 Å². The Kier molecular flexibility index (Phi) is 2.37. The first-order chi connectivity index (χ1) is 8.65. The molecule has 2 aromatic heterocycles. The smallest absolute Gasteiger partial charge is 0.155 e. The number of rotatable bonds is 1. The average Bonchev–Trinajstić information content (AvgIpc) is 2.74. The van der Waals surface area contributed by atoms with Gasteiger partial charge in [-0.15, -0.1) is 0 Å². The quantitative estimate of drug-likeness (QED) is 0.655. The summed E-state index contributed by atoms with van der Waals surface area (Å²) in [6.45, 7) is 3.80. The molecule has 0 unspecified atom stereocenters. The highest BCUT2D eigenvalue weighted by atomic mass is 19.1. The molecule has 0 spiro atoms. The van der Waals surface area contributed by atoms with Gasteiger partial charge in [0.25, 0.3) is 0 Å². The third-order valence-electron chi connectivity index (χ3n) is 2.95. The van der Waals surface area contributed by atoms with E-state index in [4.69, 9.17) is 0 Å². The lowest BCUT2D eigenvalue weighted by Crippen LogP contribution is -1.94. The number of halogens is 1. The maximum Gasteiger partial charge on any atom is 0.155 e. The van der Waals surface area contributed by atoms with Crippen molar-refractivity contribution >= 4 is 5.65 Å². The third kappa shape index (κ3) is 1.66. The largest absolute Gasteiger partial charge is 0.237 e. The zero-order valence-corrected chi connectivity index (χ0v) is 10.2. The molecule has 0 amide bonds. The van der Waals surface area contributed by atoms with Gasteiger partial charge < -0.3 is 0 Å². The number of aryl methyl sites for hydroxylation is 2. The van der Waals surface area contributed by atoms with Gasteiger partial charge in [-0.3, -0.25) is 0 Å². The fourth-order valence-electron chi connectivity index (χ4n) is 1.97. The standard InChI is InChI=1S/C14H12FN3/c1-9-3-4-11(12(15)7-9)13-8-14-16-6-5-10(2)18(14)17-13/h3-8H,1-2H3. The van der Waals surface area contributed by atoms with Crippen molar-refractivity contribution in [3.63, 3.8) is 0 Å². The molecule has 0 N–H and O–H groups in total. The Balaban J connectivity index is 2.23. The minimum Gasteiger partial charge on any atom is -0.237 e. The van der Waals surface area contributed by atoms with Crippen molar-refractivity contribution in [3.05, 3.63) is 53.6 Å². The van der Waals surface area contributed by atoms with Crippen molar-refractivity contribution < 1.29 is 4.39 Å². The molecule has 0 bridgehead atoms. The molecule has 3 aromatic rings. The summed E-state index contributed by atoms with van der Waals surface area (Å²) in [5.41, 5.74) is 3.71. The zero-order valence-electron chi connectivity index (χ0n) is 10.2. The van der Waals surface area contributed by atoms with Crippen LogP contribution in [0.3, 0.4) is 0 Å². The van der Waals surface area contributed by atoms with Gasteiger partial charge in [0.05, 0.1) is 5.69 Å². The number of hydrogen-bond acceptors (Lipinski definition) is 2. The number of benzene rings is 1. The van der Waals surface area contributed by atoms with Crippen LogP contribution in [0.5, 0.6) is 0 Å². The van der Waals surface area contributed by atoms with Gasteiger partial charge in [-0.05, 0) is 37.6 Å². The molecule has 0 fully saturated rings. The van der Waals surface area contributed by atoms with E-state index < -0.39 is 0 Å². The second-order valence-corrected chi connectivity index (χ2v) is 4.37. The van der Waals surface area contributed by atoms with Crippen molar-refractivity contribution in [1.82, 2.24) is 14.6 Å². The van der Waals surface area contributed by atoms with E-state index in [-0.39, 0.29) is 5.82 Å². The van der Waals surface area contributed by atoms with Crippen LogP contribution in [-0.2, 0) is 0 Å². The molecule has 4 heteroatoms. The predicted octanol–water partition coefficient (Wildman–Crippen LogP) is 3.15. The molecule has 18 heavy (non-hydrogen) atoms. The Morgan fingerprint density at radius 3 is 2.67 bits per heavy atom. The molecule has 0 radical (unpaired) electrons. The van der Waals surface area contributed by atoms with Gasteiger partial charge in [-0.1, -0.05) is 6.07 Å². The molecule has 3 nitrogen and oxygen atoms in total. The number of hydrogen-bond donors (Lipinski definition) is 0. The first-order valence-electron chi connectivity index (χ1n) is 5.73. The van der Waals surface area contributed by atoms with Crippen molar-refractivity contribution in [2.24, 2.45) is 0 Å². The maximum atomic E-state index is 13.9. The molecule has 0 aliphatic heterocycles. The lowest BCUT2D eigenvalue weighted by Gasteiger charge is -2.00. The Morgan fingerprint density at radius 1 is 1.11 bits per heavy atom. The average molecular weight is 241 g/mol. The van der Waals surface area contributed by atoms with Crippen LogP contribution in [0, 0.1) is 19.7 Å². The summed E-state index contributed by atoms with van der Waals surface area (Å²) >= 11 is 0. The van der Waals surface area contributed by atoms with Crippen molar-refractivity contribution in [1.29, 1.82) is 0 Å². The molecule has 0 saturated carbocycles. The Hall–Kier alpha value is -2.23. The van der Waals surface area contributed by atoms with E-state index in [1.54, 1.807) is 22.8 Å². The van der Waals surface area contributed by atoms with E-state index in [1.807, 2.05) is 26.0 Å². The van der Waals surface area contributed by atoms with Crippen molar-refractivity contribution in [3.8, 4) is 11.3 Å². The second-order valence-electron chi connectivity index (χ2n) is 4.37. The highest BCUT2D eigenvalue weighted by Gasteiger charge is 2.10. The Bertz CT molecular complexity index is 731. The van der Waals surface area contributed by atoms with Gasteiger partial charge >= 0.3 is 0 Å². The highest BCUT2D eigenvalue weighted by Crippen LogP contribution is 2.23. The summed E-state index contributed by atoms with van der Waals surface area (Å²) in [6.07, 6.45) is 1.72. The normalized spacial score (nSPS) is 11.1. The summed E-state index contributed by atoms with van der Waals surface area (Å²) < 4.78 is 15.6. The molecule has 90 valence electrons.